The maximum atomic E-state index is 11.2. The summed E-state index contributed by atoms with van der Waals surface area (Å²) in [5.41, 5.74) is 2.37. The van der Waals surface area contributed by atoms with Gasteiger partial charge < -0.3 is 13.7 Å². The SMILES string of the molecule is O=c1ccc2cc(OCCCn3cnc4ccccc43)ccc2o1. The number of aromatic nitrogens is 2. The largest absolute Gasteiger partial charge is 0.494 e. The maximum absolute atomic E-state index is 11.2. The molecule has 0 saturated heterocycles. The third-order valence-corrected chi connectivity index (χ3v) is 3.93. The minimum atomic E-state index is -0.344. The molecular formula is C19H16N2O3. The highest BCUT2D eigenvalue weighted by atomic mass is 16.5. The number of nitrogens with zero attached hydrogens (tertiary/aromatic N) is 2. The van der Waals surface area contributed by atoms with Crippen LogP contribution in [0, 0.1) is 0 Å². The third kappa shape index (κ3) is 2.88. The van der Waals surface area contributed by atoms with Gasteiger partial charge in [0.25, 0.3) is 0 Å². The molecule has 2 aromatic carbocycles. The van der Waals surface area contributed by atoms with Gasteiger partial charge in [0, 0.05) is 18.0 Å². The normalized spacial score (nSPS) is 11.2. The number of para-hydroxylation sites is 2. The molecule has 0 aliphatic heterocycles. The molecule has 0 aliphatic rings. The zero-order valence-corrected chi connectivity index (χ0v) is 13.0. The molecular weight excluding hydrogens is 304 g/mol. The van der Waals surface area contributed by atoms with Crippen molar-refractivity contribution < 1.29 is 9.15 Å². The van der Waals surface area contributed by atoms with E-state index in [1.54, 1.807) is 12.1 Å². The molecule has 0 fully saturated rings. The Balaban J connectivity index is 1.39. The molecule has 0 amide bonds. The molecule has 4 aromatic rings. The van der Waals surface area contributed by atoms with E-state index in [0.29, 0.717) is 12.2 Å². The van der Waals surface area contributed by atoms with E-state index in [2.05, 4.69) is 15.6 Å². The van der Waals surface area contributed by atoms with Crippen LogP contribution in [-0.4, -0.2) is 16.2 Å². The summed E-state index contributed by atoms with van der Waals surface area (Å²) in [5.74, 6) is 0.770. The zero-order valence-electron chi connectivity index (χ0n) is 13.0. The Kier molecular flexibility index (Phi) is 3.75. The highest BCUT2D eigenvalue weighted by molar-refractivity contribution is 5.78. The van der Waals surface area contributed by atoms with Crippen LogP contribution in [0.25, 0.3) is 22.0 Å². The molecule has 2 heterocycles. The van der Waals surface area contributed by atoms with Gasteiger partial charge in [0.05, 0.1) is 24.0 Å². The summed E-state index contributed by atoms with van der Waals surface area (Å²) < 4.78 is 13.0. The number of ether oxygens (including phenoxy) is 1. The van der Waals surface area contributed by atoms with Crippen LogP contribution in [0.4, 0.5) is 0 Å². The third-order valence-electron chi connectivity index (χ3n) is 3.93. The summed E-state index contributed by atoms with van der Waals surface area (Å²) >= 11 is 0. The van der Waals surface area contributed by atoms with E-state index < -0.39 is 0 Å². The fraction of sp³-hybridized carbons (Fsp3) is 0.158. The second-order valence-electron chi connectivity index (χ2n) is 5.58. The van der Waals surface area contributed by atoms with Gasteiger partial charge in [-0.3, -0.25) is 0 Å². The summed E-state index contributed by atoms with van der Waals surface area (Å²) in [4.78, 5) is 15.6. The monoisotopic (exact) mass is 320 g/mol. The van der Waals surface area contributed by atoms with Crippen LogP contribution in [0.3, 0.4) is 0 Å². The van der Waals surface area contributed by atoms with E-state index in [9.17, 15) is 4.79 Å². The van der Waals surface area contributed by atoms with Crippen molar-refractivity contribution in [3.8, 4) is 5.75 Å². The van der Waals surface area contributed by atoms with Gasteiger partial charge >= 0.3 is 5.63 Å². The molecule has 0 radical (unpaired) electrons. The van der Waals surface area contributed by atoms with E-state index in [1.807, 2.05) is 36.7 Å². The molecule has 0 bridgehead atoms. The number of hydrogen-bond acceptors (Lipinski definition) is 4. The van der Waals surface area contributed by atoms with E-state index >= 15 is 0 Å². The van der Waals surface area contributed by atoms with Crippen LogP contribution < -0.4 is 10.4 Å². The lowest BCUT2D eigenvalue weighted by molar-refractivity contribution is 0.303. The van der Waals surface area contributed by atoms with Gasteiger partial charge in [-0.25, -0.2) is 9.78 Å². The molecule has 5 heteroatoms. The predicted molar refractivity (Wildman–Crippen MR) is 92.3 cm³/mol. The Bertz CT molecular complexity index is 1050. The zero-order chi connectivity index (χ0) is 16.4. The van der Waals surface area contributed by atoms with Crippen molar-refractivity contribution in [1.29, 1.82) is 0 Å². The summed E-state index contributed by atoms with van der Waals surface area (Å²) in [7, 11) is 0. The number of hydrogen-bond donors (Lipinski definition) is 0. The lowest BCUT2D eigenvalue weighted by Crippen LogP contribution is -2.03. The summed E-state index contributed by atoms with van der Waals surface area (Å²) in [6.07, 6.45) is 2.74. The van der Waals surface area contributed by atoms with Gasteiger partial charge in [-0.05, 0) is 42.8 Å². The number of rotatable bonds is 5. The quantitative estimate of drug-likeness (QED) is 0.416. The average molecular weight is 320 g/mol. The second kappa shape index (κ2) is 6.20. The molecule has 0 saturated carbocycles. The van der Waals surface area contributed by atoms with Crippen LogP contribution in [0.15, 0.2) is 70.1 Å². The fourth-order valence-electron chi connectivity index (χ4n) is 2.75. The van der Waals surface area contributed by atoms with Gasteiger partial charge in [-0.1, -0.05) is 12.1 Å². The van der Waals surface area contributed by atoms with Crippen LogP contribution in [0.2, 0.25) is 0 Å². The van der Waals surface area contributed by atoms with Crippen molar-refractivity contribution >= 4 is 22.0 Å². The minimum absolute atomic E-state index is 0.344. The van der Waals surface area contributed by atoms with Gasteiger partial charge in [0.2, 0.25) is 0 Å². The average Bonchev–Trinajstić information content (AvgIpc) is 3.02. The standard InChI is InChI=1S/C19H16N2O3/c22-19-9-6-14-12-15(7-8-18(14)24-19)23-11-3-10-21-13-20-16-4-1-2-5-17(16)21/h1-2,4-9,12-13H,3,10-11H2. The van der Waals surface area contributed by atoms with Crippen molar-refractivity contribution in [3.05, 3.63) is 71.3 Å². The van der Waals surface area contributed by atoms with E-state index in [4.69, 9.17) is 9.15 Å². The maximum Gasteiger partial charge on any atom is 0.336 e. The summed E-state index contributed by atoms with van der Waals surface area (Å²) in [6.45, 7) is 1.46. The van der Waals surface area contributed by atoms with Gasteiger partial charge in [-0.2, -0.15) is 0 Å². The Labute approximate surface area is 138 Å². The lowest BCUT2D eigenvalue weighted by atomic mass is 10.2. The number of benzene rings is 2. The first-order chi connectivity index (χ1) is 11.8. The molecule has 120 valence electrons. The van der Waals surface area contributed by atoms with Crippen molar-refractivity contribution in [2.75, 3.05) is 6.61 Å². The first-order valence-corrected chi connectivity index (χ1v) is 7.86. The molecule has 0 N–H and O–H groups in total. The molecule has 0 spiro atoms. The fourth-order valence-corrected chi connectivity index (χ4v) is 2.75. The molecule has 0 atom stereocenters. The number of aryl methyl sites for hydroxylation is 1. The van der Waals surface area contributed by atoms with Gasteiger partial charge in [0.1, 0.15) is 11.3 Å². The van der Waals surface area contributed by atoms with Crippen LogP contribution in [0.1, 0.15) is 6.42 Å². The highest BCUT2D eigenvalue weighted by Crippen LogP contribution is 2.20. The van der Waals surface area contributed by atoms with Gasteiger partial charge in [-0.15, -0.1) is 0 Å². The van der Waals surface area contributed by atoms with E-state index in [0.717, 1.165) is 35.1 Å². The Morgan fingerprint density at radius 2 is 2.00 bits per heavy atom. The molecule has 4 rings (SSSR count). The van der Waals surface area contributed by atoms with Crippen molar-refractivity contribution in [2.45, 2.75) is 13.0 Å². The van der Waals surface area contributed by atoms with Crippen molar-refractivity contribution in [2.24, 2.45) is 0 Å². The Hall–Kier alpha value is -3.08. The first kappa shape index (κ1) is 14.5. The van der Waals surface area contributed by atoms with Crippen LogP contribution in [0.5, 0.6) is 5.75 Å². The Morgan fingerprint density at radius 1 is 1.08 bits per heavy atom. The number of imidazole rings is 1. The topological polar surface area (TPSA) is 57.3 Å². The second-order valence-corrected chi connectivity index (χ2v) is 5.58. The molecule has 0 unspecified atom stereocenters. The van der Waals surface area contributed by atoms with E-state index in [-0.39, 0.29) is 5.63 Å². The first-order valence-electron chi connectivity index (χ1n) is 7.86. The predicted octanol–water partition coefficient (Wildman–Crippen LogP) is 3.61. The van der Waals surface area contributed by atoms with E-state index in [1.165, 1.54) is 6.07 Å². The van der Waals surface area contributed by atoms with Gasteiger partial charge in [0.15, 0.2) is 0 Å². The summed E-state index contributed by atoms with van der Waals surface area (Å²) in [6, 6.07) is 16.7. The molecule has 24 heavy (non-hydrogen) atoms. The highest BCUT2D eigenvalue weighted by Gasteiger charge is 2.02. The summed E-state index contributed by atoms with van der Waals surface area (Å²) in [5, 5.41) is 0.854. The van der Waals surface area contributed by atoms with Crippen molar-refractivity contribution in [1.82, 2.24) is 9.55 Å². The minimum Gasteiger partial charge on any atom is -0.494 e. The molecule has 0 aliphatic carbocycles. The molecule has 5 nitrogen and oxygen atoms in total. The van der Waals surface area contributed by atoms with Crippen LogP contribution in [-0.2, 0) is 6.54 Å². The number of fused-ring (bicyclic) bond motifs is 2. The smallest absolute Gasteiger partial charge is 0.336 e. The Morgan fingerprint density at radius 3 is 2.96 bits per heavy atom. The lowest BCUT2D eigenvalue weighted by Gasteiger charge is -2.08. The van der Waals surface area contributed by atoms with Crippen LogP contribution >= 0.6 is 0 Å². The van der Waals surface area contributed by atoms with Crippen molar-refractivity contribution in [3.63, 3.8) is 0 Å². The molecule has 2 aromatic heterocycles.